The topological polar surface area (TPSA) is 51.2 Å². The SMILES string of the molecule is O=C(COc1c(I)cc(Cl)c2cccnc12)Nc1ccccc1Cl. The van der Waals surface area contributed by atoms with Crippen LogP contribution < -0.4 is 10.1 Å². The van der Waals surface area contributed by atoms with Gasteiger partial charge in [0.25, 0.3) is 5.91 Å². The minimum atomic E-state index is -0.307. The summed E-state index contributed by atoms with van der Waals surface area (Å²) in [5, 5.41) is 4.56. The fourth-order valence-electron chi connectivity index (χ4n) is 2.17. The molecule has 0 radical (unpaired) electrons. The van der Waals surface area contributed by atoms with Crippen LogP contribution in [0.2, 0.25) is 10.0 Å². The Kier molecular flexibility index (Phi) is 5.43. The first-order chi connectivity index (χ1) is 11.6. The van der Waals surface area contributed by atoms with E-state index in [0.717, 1.165) is 8.96 Å². The van der Waals surface area contributed by atoms with Crippen molar-refractivity contribution in [2.75, 3.05) is 11.9 Å². The molecule has 1 N–H and O–H groups in total. The van der Waals surface area contributed by atoms with Crippen molar-refractivity contribution in [3.05, 3.63) is 62.3 Å². The number of ether oxygens (including phenoxy) is 1. The van der Waals surface area contributed by atoms with Crippen molar-refractivity contribution in [3.63, 3.8) is 0 Å². The minimum Gasteiger partial charge on any atom is -0.480 e. The number of anilines is 1. The number of hydrogen-bond donors (Lipinski definition) is 1. The summed E-state index contributed by atoms with van der Waals surface area (Å²) in [4.78, 5) is 16.4. The number of amides is 1. The summed E-state index contributed by atoms with van der Waals surface area (Å²) >= 11 is 14.4. The van der Waals surface area contributed by atoms with E-state index in [2.05, 4.69) is 32.9 Å². The normalized spacial score (nSPS) is 10.6. The zero-order valence-electron chi connectivity index (χ0n) is 12.2. The van der Waals surface area contributed by atoms with Gasteiger partial charge in [-0.25, -0.2) is 0 Å². The van der Waals surface area contributed by atoms with Crippen molar-refractivity contribution in [3.8, 4) is 5.75 Å². The van der Waals surface area contributed by atoms with Gasteiger partial charge in [0.15, 0.2) is 12.4 Å². The number of nitrogens with zero attached hydrogens (tertiary/aromatic N) is 1. The van der Waals surface area contributed by atoms with Crippen LogP contribution in [0, 0.1) is 3.57 Å². The molecule has 3 rings (SSSR count). The van der Waals surface area contributed by atoms with Gasteiger partial charge in [0, 0.05) is 11.6 Å². The lowest BCUT2D eigenvalue weighted by Gasteiger charge is -2.12. The first-order valence-corrected chi connectivity index (χ1v) is 8.79. The molecule has 1 aromatic heterocycles. The van der Waals surface area contributed by atoms with E-state index >= 15 is 0 Å². The molecule has 3 aromatic rings. The molecule has 0 spiro atoms. The lowest BCUT2D eigenvalue weighted by molar-refractivity contribution is -0.118. The van der Waals surface area contributed by atoms with Crippen molar-refractivity contribution in [2.45, 2.75) is 0 Å². The molecule has 0 atom stereocenters. The zero-order valence-corrected chi connectivity index (χ0v) is 15.9. The smallest absolute Gasteiger partial charge is 0.262 e. The summed E-state index contributed by atoms with van der Waals surface area (Å²) < 4.78 is 6.48. The summed E-state index contributed by atoms with van der Waals surface area (Å²) in [6.45, 7) is -0.158. The van der Waals surface area contributed by atoms with Gasteiger partial charge in [-0.1, -0.05) is 35.3 Å². The monoisotopic (exact) mass is 472 g/mol. The maximum atomic E-state index is 12.1. The molecule has 1 amide bonds. The van der Waals surface area contributed by atoms with E-state index in [1.807, 2.05) is 6.07 Å². The molecule has 0 aliphatic heterocycles. The van der Waals surface area contributed by atoms with Gasteiger partial charge in [-0.2, -0.15) is 0 Å². The number of aromatic nitrogens is 1. The average molecular weight is 473 g/mol. The Bertz CT molecular complexity index is 918. The Morgan fingerprint density at radius 2 is 1.96 bits per heavy atom. The van der Waals surface area contributed by atoms with Gasteiger partial charge in [0.05, 0.1) is 19.3 Å². The lowest BCUT2D eigenvalue weighted by Crippen LogP contribution is -2.20. The number of halogens is 3. The summed E-state index contributed by atoms with van der Waals surface area (Å²) in [6, 6.07) is 12.5. The van der Waals surface area contributed by atoms with Crippen LogP contribution in [-0.2, 0) is 4.79 Å². The Hall–Kier alpha value is -1.57. The highest BCUT2D eigenvalue weighted by atomic mass is 127. The highest BCUT2D eigenvalue weighted by Crippen LogP contribution is 2.34. The number of rotatable bonds is 4. The molecule has 0 fully saturated rings. The zero-order chi connectivity index (χ0) is 17.1. The average Bonchev–Trinajstić information content (AvgIpc) is 2.57. The van der Waals surface area contributed by atoms with Crippen LogP contribution in [0.15, 0.2) is 48.7 Å². The van der Waals surface area contributed by atoms with Gasteiger partial charge < -0.3 is 10.1 Å². The maximum absolute atomic E-state index is 12.1. The van der Waals surface area contributed by atoms with Crippen LogP contribution in [-0.4, -0.2) is 17.5 Å². The highest BCUT2D eigenvalue weighted by molar-refractivity contribution is 14.1. The quantitative estimate of drug-likeness (QED) is 0.533. The second kappa shape index (κ2) is 7.55. The standard InChI is InChI=1S/C17H11Cl2IN2O2/c18-11-5-1-2-6-14(11)22-15(23)9-24-17-13(20)8-12(19)10-4-3-7-21-16(10)17/h1-8H,9H2,(H,22,23). The van der Waals surface area contributed by atoms with Crippen LogP contribution in [0.3, 0.4) is 0 Å². The molecule has 0 unspecified atom stereocenters. The second-order valence-corrected chi connectivity index (χ2v) is 6.86. The van der Waals surface area contributed by atoms with Gasteiger partial charge in [0.2, 0.25) is 0 Å². The molecule has 0 saturated carbocycles. The van der Waals surface area contributed by atoms with Crippen LogP contribution in [0.1, 0.15) is 0 Å². The Morgan fingerprint density at radius 3 is 2.75 bits per heavy atom. The molecule has 2 aromatic carbocycles. The predicted molar refractivity (Wildman–Crippen MR) is 105 cm³/mol. The second-order valence-electron chi connectivity index (χ2n) is 4.89. The fraction of sp³-hybridized carbons (Fsp3) is 0.0588. The molecule has 0 saturated heterocycles. The molecular formula is C17H11Cl2IN2O2. The Morgan fingerprint density at radius 1 is 1.17 bits per heavy atom. The van der Waals surface area contributed by atoms with E-state index in [0.29, 0.717) is 27.0 Å². The third-order valence-corrected chi connectivity index (χ3v) is 4.69. The molecule has 0 bridgehead atoms. The van der Waals surface area contributed by atoms with E-state index in [4.69, 9.17) is 27.9 Å². The molecule has 1 heterocycles. The summed E-state index contributed by atoms with van der Waals surface area (Å²) in [5.74, 6) is 0.225. The summed E-state index contributed by atoms with van der Waals surface area (Å²) in [6.07, 6.45) is 1.66. The van der Waals surface area contributed by atoms with E-state index in [-0.39, 0.29) is 12.5 Å². The van der Waals surface area contributed by atoms with Gasteiger partial charge in [-0.05, 0) is 52.9 Å². The van der Waals surface area contributed by atoms with Crippen molar-refractivity contribution < 1.29 is 9.53 Å². The molecule has 7 heteroatoms. The first kappa shape index (κ1) is 17.3. The predicted octanol–water partition coefficient (Wildman–Crippen LogP) is 5.16. The molecular weight excluding hydrogens is 462 g/mol. The number of fused-ring (bicyclic) bond motifs is 1. The number of para-hydroxylation sites is 1. The first-order valence-electron chi connectivity index (χ1n) is 6.96. The highest BCUT2D eigenvalue weighted by Gasteiger charge is 2.14. The van der Waals surface area contributed by atoms with E-state index in [1.165, 1.54) is 0 Å². The van der Waals surface area contributed by atoms with Gasteiger partial charge in [-0.3, -0.25) is 9.78 Å². The maximum Gasteiger partial charge on any atom is 0.262 e. The lowest BCUT2D eigenvalue weighted by atomic mass is 10.2. The van der Waals surface area contributed by atoms with Gasteiger partial charge >= 0.3 is 0 Å². The van der Waals surface area contributed by atoms with Crippen LogP contribution in [0.5, 0.6) is 5.75 Å². The third kappa shape index (κ3) is 3.74. The summed E-state index contributed by atoms with van der Waals surface area (Å²) in [7, 11) is 0. The van der Waals surface area contributed by atoms with E-state index in [9.17, 15) is 4.79 Å². The van der Waals surface area contributed by atoms with Crippen molar-refractivity contribution in [1.29, 1.82) is 0 Å². The minimum absolute atomic E-state index is 0.158. The molecule has 24 heavy (non-hydrogen) atoms. The fourth-order valence-corrected chi connectivity index (χ4v) is 3.52. The number of pyridine rings is 1. The van der Waals surface area contributed by atoms with E-state index < -0.39 is 0 Å². The Balaban J connectivity index is 1.79. The van der Waals surface area contributed by atoms with Crippen LogP contribution in [0.25, 0.3) is 10.9 Å². The van der Waals surface area contributed by atoms with Crippen molar-refractivity contribution in [2.24, 2.45) is 0 Å². The molecule has 0 aliphatic carbocycles. The molecule has 4 nitrogen and oxygen atoms in total. The van der Waals surface area contributed by atoms with E-state index in [1.54, 1.807) is 42.6 Å². The van der Waals surface area contributed by atoms with Gasteiger partial charge in [-0.15, -0.1) is 0 Å². The van der Waals surface area contributed by atoms with Crippen LogP contribution in [0.4, 0.5) is 5.69 Å². The largest absolute Gasteiger partial charge is 0.480 e. The molecule has 122 valence electrons. The number of hydrogen-bond acceptors (Lipinski definition) is 3. The number of carbonyl (C=O) groups excluding carboxylic acids is 1. The molecule has 0 aliphatic rings. The van der Waals surface area contributed by atoms with Crippen molar-refractivity contribution >= 4 is 68.3 Å². The van der Waals surface area contributed by atoms with Crippen molar-refractivity contribution in [1.82, 2.24) is 4.98 Å². The summed E-state index contributed by atoms with van der Waals surface area (Å²) in [5.41, 5.74) is 1.17. The van der Waals surface area contributed by atoms with Gasteiger partial charge in [0.1, 0.15) is 5.52 Å². The Labute approximate surface area is 162 Å². The third-order valence-electron chi connectivity index (χ3n) is 3.25. The van der Waals surface area contributed by atoms with Crippen LogP contribution >= 0.6 is 45.8 Å². The number of nitrogens with one attached hydrogen (secondary N) is 1. The number of carbonyl (C=O) groups is 1. The number of benzene rings is 2.